The first-order valence-electron chi connectivity index (χ1n) is 13.4. The predicted molar refractivity (Wildman–Crippen MR) is 131 cm³/mol. The second-order valence-corrected chi connectivity index (χ2v) is 10.8. The molecule has 2 aliphatic carbocycles. The number of hydrogen-bond donors (Lipinski definition) is 2. The molecular formula is C27H40N4O3. The van der Waals surface area contributed by atoms with E-state index in [-0.39, 0.29) is 24.1 Å². The average molecular weight is 469 g/mol. The van der Waals surface area contributed by atoms with Gasteiger partial charge in [0.05, 0.1) is 6.10 Å². The van der Waals surface area contributed by atoms with Crippen LogP contribution in [-0.4, -0.2) is 89.2 Å². The molecule has 2 saturated heterocycles. The lowest BCUT2D eigenvalue weighted by Crippen LogP contribution is -2.57. The minimum atomic E-state index is -0.206. The molecule has 4 fully saturated rings. The summed E-state index contributed by atoms with van der Waals surface area (Å²) in [5.41, 5.74) is 1.43. The van der Waals surface area contributed by atoms with E-state index in [9.17, 15) is 14.7 Å². The maximum Gasteiger partial charge on any atom is 0.320 e. The van der Waals surface area contributed by atoms with Crippen molar-refractivity contribution in [2.75, 3.05) is 39.3 Å². The fraction of sp³-hybridized carbons (Fsp3) is 0.704. The highest BCUT2D eigenvalue weighted by Gasteiger charge is 2.40. The number of urea groups is 1. The summed E-state index contributed by atoms with van der Waals surface area (Å²) in [6.45, 7) is 4.76. The minimum absolute atomic E-state index is 0.145. The van der Waals surface area contributed by atoms with Crippen LogP contribution in [-0.2, 0) is 4.79 Å². The molecule has 34 heavy (non-hydrogen) atoms. The molecule has 5 rings (SSSR count). The molecule has 4 aliphatic rings. The van der Waals surface area contributed by atoms with Gasteiger partial charge in [0.15, 0.2) is 0 Å². The summed E-state index contributed by atoms with van der Waals surface area (Å²) in [6.07, 6.45) is 6.45. The van der Waals surface area contributed by atoms with Gasteiger partial charge in [0, 0.05) is 69.6 Å². The van der Waals surface area contributed by atoms with Crippen LogP contribution in [0.15, 0.2) is 30.3 Å². The maximum absolute atomic E-state index is 13.1. The summed E-state index contributed by atoms with van der Waals surface area (Å²) < 4.78 is 0. The fourth-order valence-electron chi connectivity index (χ4n) is 6.04. The number of aliphatic hydroxyl groups excluding tert-OH is 1. The molecule has 2 unspecified atom stereocenters. The van der Waals surface area contributed by atoms with Crippen molar-refractivity contribution in [2.45, 2.75) is 75.5 Å². The van der Waals surface area contributed by atoms with E-state index in [2.05, 4.69) is 35.6 Å². The third-order valence-corrected chi connectivity index (χ3v) is 8.26. The molecule has 2 N–H and O–H groups in total. The van der Waals surface area contributed by atoms with Crippen molar-refractivity contribution in [2.24, 2.45) is 5.92 Å². The van der Waals surface area contributed by atoms with Crippen molar-refractivity contribution >= 4 is 11.9 Å². The largest absolute Gasteiger partial charge is 0.393 e. The van der Waals surface area contributed by atoms with Crippen LogP contribution in [0.1, 0.15) is 62.8 Å². The van der Waals surface area contributed by atoms with E-state index < -0.39 is 0 Å². The molecule has 2 atom stereocenters. The number of carbonyl (C=O) groups excluding carboxylic acids is 2. The molecular weight excluding hydrogens is 428 g/mol. The summed E-state index contributed by atoms with van der Waals surface area (Å²) in [4.78, 5) is 31.9. The van der Waals surface area contributed by atoms with Crippen LogP contribution in [0.5, 0.6) is 0 Å². The van der Waals surface area contributed by atoms with Gasteiger partial charge in [-0.25, -0.2) is 4.79 Å². The van der Waals surface area contributed by atoms with Gasteiger partial charge in [0.25, 0.3) is 0 Å². The van der Waals surface area contributed by atoms with Crippen LogP contribution in [0.4, 0.5) is 4.79 Å². The van der Waals surface area contributed by atoms with Crippen LogP contribution >= 0.6 is 0 Å². The maximum atomic E-state index is 13.1. The van der Waals surface area contributed by atoms with Crippen molar-refractivity contribution in [1.82, 2.24) is 20.0 Å². The van der Waals surface area contributed by atoms with Crippen molar-refractivity contribution < 1.29 is 14.7 Å². The molecule has 2 heterocycles. The van der Waals surface area contributed by atoms with Gasteiger partial charge in [-0.1, -0.05) is 30.3 Å². The molecule has 2 aliphatic heterocycles. The SMILES string of the molecule is O=C(N1CCCC(=O)N(C2CCC(O)CC2)CCC1)N1CC(CNC2CC2c2ccccc2)C1. The van der Waals surface area contributed by atoms with Gasteiger partial charge >= 0.3 is 6.03 Å². The minimum Gasteiger partial charge on any atom is -0.393 e. The molecule has 0 radical (unpaired) electrons. The highest BCUT2D eigenvalue weighted by atomic mass is 16.3. The van der Waals surface area contributed by atoms with Crippen LogP contribution in [0, 0.1) is 5.92 Å². The normalized spacial score (nSPS) is 30.9. The first kappa shape index (κ1) is 23.6. The summed E-state index contributed by atoms with van der Waals surface area (Å²) in [5, 5.41) is 13.5. The molecule has 0 aromatic heterocycles. The van der Waals surface area contributed by atoms with Crippen LogP contribution in [0.3, 0.4) is 0 Å². The number of carbonyl (C=O) groups is 2. The molecule has 2 saturated carbocycles. The summed E-state index contributed by atoms with van der Waals surface area (Å²) in [7, 11) is 0. The van der Waals surface area contributed by atoms with Gasteiger partial charge in [-0.05, 0) is 50.5 Å². The number of likely N-dealkylation sites (tertiary alicyclic amines) is 1. The van der Waals surface area contributed by atoms with Gasteiger partial charge in [-0.2, -0.15) is 0 Å². The summed E-state index contributed by atoms with van der Waals surface area (Å²) in [5.74, 6) is 1.40. The Morgan fingerprint density at radius 1 is 0.971 bits per heavy atom. The summed E-state index contributed by atoms with van der Waals surface area (Å²) in [6, 6.07) is 11.7. The van der Waals surface area contributed by atoms with E-state index in [0.717, 1.165) is 71.2 Å². The molecule has 1 aromatic carbocycles. The Balaban J connectivity index is 1.03. The lowest BCUT2D eigenvalue weighted by atomic mass is 9.91. The van der Waals surface area contributed by atoms with E-state index in [1.54, 1.807) is 0 Å². The second-order valence-electron chi connectivity index (χ2n) is 10.8. The Labute approximate surface area is 203 Å². The van der Waals surface area contributed by atoms with Crippen LogP contribution < -0.4 is 5.32 Å². The fourth-order valence-corrected chi connectivity index (χ4v) is 6.04. The monoisotopic (exact) mass is 468 g/mol. The van der Waals surface area contributed by atoms with E-state index in [0.29, 0.717) is 30.8 Å². The van der Waals surface area contributed by atoms with Gasteiger partial charge in [0.1, 0.15) is 0 Å². The van der Waals surface area contributed by atoms with Gasteiger partial charge < -0.3 is 25.1 Å². The van der Waals surface area contributed by atoms with Crippen LogP contribution in [0.25, 0.3) is 0 Å². The highest BCUT2D eigenvalue weighted by Crippen LogP contribution is 2.40. The first-order valence-corrected chi connectivity index (χ1v) is 13.4. The highest BCUT2D eigenvalue weighted by molar-refractivity contribution is 5.77. The topological polar surface area (TPSA) is 76.1 Å². The number of benzene rings is 1. The third kappa shape index (κ3) is 5.57. The van der Waals surface area contributed by atoms with Gasteiger partial charge in [-0.15, -0.1) is 0 Å². The van der Waals surface area contributed by atoms with E-state index in [1.165, 1.54) is 12.0 Å². The number of amides is 3. The molecule has 7 heteroatoms. The Morgan fingerprint density at radius 3 is 2.47 bits per heavy atom. The zero-order valence-electron chi connectivity index (χ0n) is 20.3. The molecule has 1 aromatic rings. The van der Waals surface area contributed by atoms with Crippen molar-refractivity contribution in [3.05, 3.63) is 35.9 Å². The van der Waals surface area contributed by atoms with Crippen molar-refractivity contribution in [3.63, 3.8) is 0 Å². The standard InChI is InChI=1S/C27H40N4O3/c32-23-11-9-22(10-12-23)31-15-5-14-29(13-4-8-26(31)33)27(34)30-18-20(19-30)17-28-25-16-24(25)21-6-2-1-3-7-21/h1-3,6-7,20,22-25,28,32H,4-5,8-19H2. The molecule has 7 nitrogen and oxygen atoms in total. The Morgan fingerprint density at radius 2 is 1.71 bits per heavy atom. The Bertz CT molecular complexity index is 836. The zero-order valence-corrected chi connectivity index (χ0v) is 20.3. The number of aliphatic hydroxyl groups is 1. The average Bonchev–Trinajstić information content (AvgIpc) is 3.59. The first-order chi connectivity index (χ1) is 16.6. The lowest BCUT2D eigenvalue weighted by molar-refractivity contribution is -0.134. The van der Waals surface area contributed by atoms with Gasteiger partial charge in [-0.3, -0.25) is 4.79 Å². The number of hydrogen-bond acceptors (Lipinski definition) is 4. The van der Waals surface area contributed by atoms with E-state index in [1.807, 2.05) is 14.7 Å². The predicted octanol–water partition coefficient (Wildman–Crippen LogP) is 2.80. The smallest absolute Gasteiger partial charge is 0.320 e. The van der Waals surface area contributed by atoms with E-state index >= 15 is 0 Å². The van der Waals surface area contributed by atoms with Gasteiger partial charge in [0.2, 0.25) is 5.91 Å². The van der Waals surface area contributed by atoms with Crippen molar-refractivity contribution in [3.8, 4) is 0 Å². The zero-order chi connectivity index (χ0) is 23.5. The number of rotatable bonds is 5. The lowest BCUT2D eigenvalue weighted by Gasteiger charge is -2.42. The van der Waals surface area contributed by atoms with Crippen LogP contribution in [0.2, 0.25) is 0 Å². The third-order valence-electron chi connectivity index (χ3n) is 8.26. The number of nitrogens with zero attached hydrogens (tertiary/aromatic N) is 3. The molecule has 186 valence electrons. The van der Waals surface area contributed by atoms with E-state index in [4.69, 9.17) is 0 Å². The second kappa shape index (κ2) is 10.6. The Kier molecular flexibility index (Phi) is 7.40. The summed E-state index contributed by atoms with van der Waals surface area (Å²) >= 11 is 0. The number of nitrogens with one attached hydrogen (secondary N) is 1. The van der Waals surface area contributed by atoms with Crippen molar-refractivity contribution in [1.29, 1.82) is 0 Å². The molecule has 0 spiro atoms. The quantitative estimate of drug-likeness (QED) is 0.697. The molecule has 3 amide bonds. The Hall–Kier alpha value is -2.12. The molecule has 0 bridgehead atoms.